The van der Waals surface area contributed by atoms with Gasteiger partial charge in [0.05, 0.1) is 0 Å². The van der Waals surface area contributed by atoms with E-state index in [1.807, 2.05) is 0 Å². The van der Waals surface area contributed by atoms with Gasteiger partial charge in [0.25, 0.3) is 0 Å². The van der Waals surface area contributed by atoms with Crippen LogP contribution in [-0.4, -0.2) is 36.1 Å². The van der Waals surface area contributed by atoms with E-state index >= 15 is 0 Å². The van der Waals surface area contributed by atoms with Crippen molar-refractivity contribution in [3.63, 3.8) is 0 Å². The summed E-state index contributed by atoms with van der Waals surface area (Å²) in [4.78, 5) is 2.61. The van der Waals surface area contributed by atoms with Crippen LogP contribution >= 0.6 is 0 Å². The van der Waals surface area contributed by atoms with Crippen molar-refractivity contribution in [1.82, 2.24) is 10.2 Å². The van der Waals surface area contributed by atoms with Crippen molar-refractivity contribution >= 4 is 0 Å². The molecular weight excluding hydrogens is 220 g/mol. The summed E-state index contributed by atoms with van der Waals surface area (Å²) in [5.74, 6) is 0.832. The van der Waals surface area contributed by atoms with Crippen molar-refractivity contribution in [2.45, 2.75) is 78.9 Å². The molecule has 0 radical (unpaired) electrons. The summed E-state index contributed by atoms with van der Waals surface area (Å²) >= 11 is 0. The van der Waals surface area contributed by atoms with E-state index in [1.54, 1.807) is 0 Å². The number of hydrogen-bond donors (Lipinski definition) is 1. The summed E-state index contributed by atoms with van der Waals surface area (Å²) < 4.78 is 0. The van der Waals surface area contributed by atoms with Crippen LogP contribution in [0.1, 0.15) is 61.3 Å². The van der Waals surface area contributed by atoms with Crippen molar-refractivity contribution in [2.24, 2.45) is 11.3 Å². The van der Waals surface area contributed by atoms with Gasteiger partial charge < -0.3 is 5.32 Å². The predicted molar refractivity (Wildman–Crippen MR) is 80.9 cm³/mol. The Kier molecular flexibility index (Phi) is 4.88. The molecule has 0 saturated heterocycles. The van der Waals surface area contributed by atoms with Gasteiger partial charge in [-0.3, -0.25) is 4.90 Å². The van der Waals surface area contributed by atoms with Gasteiger partial charge in [-0.05, 0) is 65.5 Å². The molecule has 2 heteroatoms. The van der Waals surface area contributed by atoms with Crippen LogP contribution in [0, 0.1) is 11.3 Å². The highest BCUT2D eigenvalue weighted by molar-refractivity contribution is 4.93. The molecule has 0 spiro atoms. The van der Waals surface area contributed by atoms with E-state index in [1.165, 1.54) is 12.8 Å². The highest BCUT2D eigenvalue weighted by Gasteiger charge is 2.38. The molecule has 0 heterocycles. The van der Waals surface area contributed by atoms with Crippen LogP contribution in [0.4, 0.5) is 0 Å². The number of rotatable bonds is 4. The van der Waals surface area contributed by atoms with E-state index in [0.717, 1.165) is 18.5 Å². The minimum Gasteiger partial charge on any atom is -0.312 e. The average molecular weight is 254 g/mol. The Labute approximate surface area is 115 Å². The van der Waals surface area contributed by atoms with Crippen LogP contribution in [0.5, 0.6) is 0 Å². The predicted octanol–water partition coefficient (Wildman–Crippen LogP) is 3.52. The van der Waals surface area contributed by atoms with E-state index in [4.69, 9.17) is 0 Å². The quantitative estimate of drug-likeness (QED) is 0.826. The Morgan fingerprint density at radius 2 is 1.67 bits per heavy atom. The van der Waals surface area contributed by atoms with Gasteiger partial charge in [0, 0.05) is 17.6 Å². The first-order valence-electron chi connectivity index (χ1n) is 7.49. The van der Waals surface area contributed by atoms with Crippen LogP contribution < -0.4 is 5.32 Å². The molecule has 0 bridgehead atoms. The largest absolute Gasteiger partial charge is 0.312 e. The topological polar surface area (TPSA) is 15.3 Å². The van der Waals surface area contributed by atoms with Gasteiger partial charge in [-0.25, -0.2) is 0 Å². The summed E-state index contributed by atoms with van der Waals surface area (Å²) in [7, 11) is 2.31. The van der Waals surface area contributed by atoms with Crippen LogP contribution in [0.3, 0.4) is 0 Å². The van der Waals surface area contributed by atoms with E-state index in [-0.39, 0.29) is 5.54 Å². The summed E-state index contributed by atoms with van der Waals surface area (Å²) in [5.41, 5.74) is 0.612. The van der Waals surface area contributed by atoms with Gasteiger partial charge in [-0.1, -0.05) is 20.8 Å². The van der Waals surface area contributed by atoms with Crippen LogP contribution in [0.2, 0.25) is 0 Å². The lowest BCUT2D eigenvalue weighted by atomic mass is 9.75. The second kappa shape index (κ2) is 5.50. The Morgan fingerprint density at radius 1 is 1.11 bits per heavy atom. The Balaban J connectivity index is 2.48. The van der Waals surface area contributed by atoms with Gasteiger partial charge >= 0.3 is 0 Å². The van der Waals surface area contributed by atoms with Gasteiger partial charge in [-0.2, -0.15) is 0 Å². The second-order valence-electron chi connectivity index (χ2n) is 8.24. The fourth-order valence-corrected chi connectivity index (χ4v) is 2.66. The van der Waals surface area contributed by atoms with Crippen LogP contribution in [-0.2, 0) is 0 Å². The summed E-state index contributed by atoms with van der Waals surface area (Å²) in [6.07, 6.45) is 2.75. The molecule has 1 saturated carbocycles. The SMILES string of the molecule is CC(N(C)C1CCC1CNC(C)(C)C)C(C)(C)C. The molecule has 0 aromatic heterocycles. The summed E-state index contributed by atoms with van der Waals surface area (Å²) in [6, 6.07) is 1.41. The molecule has 1 N–H and O–H groups in total. The van der Waals surface area contributed by atoms with Gasteiger partial charge in [-0.15, -0.1) is 0 Å². The zero-order chi connectivity index (χ0) is 14.1. The van der Waals surface area contributed by atoms with Gasteiger partial charge in [0.1, 0.15) is 0 Å². The standard InChI is InChI=1S/C16H34N2/c1-12(15(2,3)4)18(8)14-10-9-13(14)11-17-16(5,6)7/h12-14,17H,9-11H2,1-8H3. The molecule has 3 unspecified atom stereocenters. The Morgan fingerprint density at radius 3 is 2.00 bits per heavy atom. The smallest absolute Gasteiger partial charge is 0.0136 e. The molecule has 3 atom stereocenters. The Bertz CT molecular complexity index is 259. The maximum absolute atomic E-state index is 3.66. The number of nitrogens with one attached hydrogen (secondary N) is 1. The summed E-state index contributed by atoms with van der Waals surface area (Å²) in [5, 5.41) is 3.66. The normalized spacial score (nSPS) is 27.2. The lowest BCUT2D eigenvalue weighted by Gasteiger charge is -2.49. The zero-order valence-corrected chi connectivity index (χ0v) is 13.8. The fraction of sp³-hybridized carbons (Fsp3) is 1.00. The molecule has 0 aromatic carbocycles. The monoisotopic (exact) mass is 254 g/mol. The molecular formula is C16H34N2. The van der Waals surface area contributed by atoms with E-state index < -0.39 is 0 Å². The molecule has 108 valence electrons. The molecule has 1 aliphatic rings. The van der Waals surface area contributed by atoms with Crippen molar-refractivity contribution in [1.29, 1.82) is 0 Å². The van der Waals surface area contributed by atoms with Crippen LogP contribution in [0.15, 0.2) is 0 Å². The highest BCUT2D eigenvalue weighted by atomic mass is 15.2. The van der Waals surface area contributed by atoms with Crippen molar-refractivity contribution in [2.75, 3.05) is 13.6 Å². The third-order valence-electron chi connectivity index (χ3n) is 4.66. The Hall–Kier alpha value is -0.0800. The molecule has 1 aliphatic carbocycles. The van der Waals surface area contributed by atoms with Crippen LogP contribution in [0.25, 0.3) is 0 Å². The first-order valence-corrected chi connectivity index (χ1v) is 7.49. The maximum atomic E-state index is 3.66. The molecule has 1 fully saturated rings. The van der Waals surface area contributed by atoms with E-state index in [0.29, 0.717) is 11.5 Å². The van der Waals surface area contributed by atoms with Crippen molar-refractivity contribution in [3.05, 3.63) is 0 Å². The maximum Gasteiger partial charge on any atom is 0.0136 e. The fourth-order valence-electron chi connectivity index (χ4n) is 2.66. The molecule has 2 nitrogen and oxygen atoms in total. The molecule has 1 rings (SSSR count). The third-order valence-corrected chi connectivity index (χ3v) is 4.66. The molecule has 0 aromatic rings. The molecule has 0 amide bonds. The molecule has 18 heavy (non-hydrogen) atoms. The number of nitrogens with zero attached hydrogens (tertiary/aromatic N) is 1. The van der Waals surface area contributed by atoms with E-state index in [9.17, 15) is 0 Å². The third kappa shape index (κ3) is 4.24. The second-order valence-corrected chi connectivity index (χ2v) is 8.24. The molecule has 0 aliphatic heterocycles. The summed E-state index contributed by atoms with van der Waals surface area (Å²) in [6.45, 7) is 17.3. The zero-order valence-electron chi connectivity index (χ0n) is 13.8. The first-order chi connectivity index (χ1) is 8.02. The minimum atomic E-state index is 0.244. The van der Waals surface area contributed by atoms with Crippen molar-refractivity contribution < 1.29 is 0 Å². The minimum absolute atomic E-state index is 0.244. The van der Waals surface area contributed by atoms with Gasteiger partial charge in [0.2, 0.25) is 0 Å². The average Bonchev–Trinajstić information content (AvgIpc) is 2.11. The lowest BCUT2D eigenvalue weighted by Crippen LogP contribution is -2.55. The van der Waals surface area contributed by atoms with Gasteiger partial charge in [0.15, 0.2) is 0 Å². The number of hydrogen-bond acceptors (Lipinski definition) is 2. The highest BCUT2D eigenvalue weighted by Crippen LogP contribution is 2.35. The first kappa shape index (κ1) is 16.0. The lowest BCUT2D eigenvalue weighted by molar-refractivity contribution is 0.0146. The van der Waals surface area contributed by atoms with E-state index in [2.05, 4.69) is 65.7 Å². The van der Waals surface area contributed by atoms with Crippen molar-refractivity contribution in [3.8, 4) is 0 Å².